The Bertz CT molecular complexity index is 104. The van der Waals surface area contributed by atoms with E-state index in [0.29, 0.717) is 0 Å². The van der Waals surface area contributed by atoms with Crippen molar-refractivity contribution in [3.05, 3.63) is 0 Å². The van der Waals surface area contributed by atoms with E-state index >= 15 is 0 Å². The van der Waals surface area contributed by atoms with Gasteiger partial charge in [0.25, 0.3) is 0 Å². The van der Waals surface area contributed by atoms with Gasteiger partial charge in [-0.05, 0) is 6.92 Å². The first-order valence-corrected chi connectivity index (χ1v) is 2.91. The third kappa shape index (κ3) is 8.26. The molecule has 0 aliphatic heterocycles. The van der Waals surface area contributed by atoms with Crippen LogP contribution >= 0.6 is 25.3 Å². The second-order valence-electron chi connectivity index (χ2n) is 1.51. The summed E-state index contributed by atoms with van der Waals surface area (Å²) >= 11 is 7.64. The second kappa shape index (κ2) is 7.79. The van der Waals surface area contributed by atoms with Gasteiger partial charge >= 0.3 is 29.9 Å². The van der Waals surface area contributed by atoms with Crippen molar-refractivity contribution in [1.29, 1.82) is 0 Å². The van der Waals surface area contributed by atoms with Gasteiger partial charge in [0.2, 0.25) is 0 Å². The van der Waals surface area contributed by atoms with E-state index in [2.05, 4.69) is 30.0 Å². The molecule has 57 valence electrons. The summed E-state index contributed by atoms with van der Waals surface area (Å²) in [6, 6.07) is 0. The Balaban J connectivity index is -0.000000245. The Morgan fingerprint density at radius 2 is 1.80 bits per heavy atom. The Morgan fingerprint density at radius 3 is 1.80 bits per heavy atom. The van der Waals surface area contributed by atoms with Crippen molar-refractivity contribution < 1.29 is 45.1 Å². The van der Waals surface area contributed by atoms with Gasteiger partial charge in [0.1, 0.15) is 0 Å². The Kier molecular flexibility index (Phi) is 14.1. The van der Waals surface area contributed by atoms with Gasteiger partial charge in [0.05, 0.1) is 7.11 Å². The molecule has 0 N–H and O–H groups in total. The fraction of sp³-hybridized carbons (Fsp3) is 0.750. The van der Waals surface area contributed by atoms with Crippen LogP contribution in [-0.2, 0) is 9.53 Å². The van der Waals surface area contributed by atoms with Crippen molar-refractivity contribution >= 4 is 55.1 Å². The van der Waals surface area contributed by atoms with Gasteiger partial charge in [-0.3, -0.25) is 0 Å². The topological polar surface area (TPSA) is 26.3 Å². The molecule has 0 aliphatic carbocycles. The predicted octanol–water partition coefficient (Wildman–Crippen LogP) is -0.181. The average Bonchev–Trinajstić information content (AvgIpc) is 1.62. The van der Waals surface area contributed by atoms with Gasteiger partial charge < -0.3 is 4.74 Å². The van der Waals surface area contributed by atoms with Crippen molar-refractivity contribution in [3.63, 3.8) is 0 Å². The molecule has 0 spiro atoms. The zero-order chi connectivity index (χ0) is 6.78. The molecule has 0 saturated heterocycles. The molecule has 0 bridgehead atoms. The van der Waals surface area contributed by atoms with Gasteiger partial charge in [-0.25, -0.2) is 4.79 Å². The van der Waals surface area contributed by atoms with Gasteiger partial charge in [0, 0.05) is 35.6 Å². The predicted molar refractivity (Wildman–Crippen MR) is 46.9 cm³/mol. The van der Waals surface area contributed by atoms with Gasteiger partial charge in [-0.15, -0.1) is 0 Å². The van der Waals surface area contributed by atoms with Crippen LogP contribution < -0.4 is 0 Å². The normalized spacial score (nSPS) is 8.80. The van der Waals surface area contributed by atoms with Crippen molar-refractivity contribution in [2.75, 3.05) is 7.11 Å². The van der Waals surface area contributed by atoms with E-state index in [4.69, 9.17) is 0 Å². The van der Waals surface area contributed by atoms with Crippen LogP contribution in [0, 0.1) is 35.6 Å². The summed E-state index contributed by atoms with van der Waals surface area (Å²) in [6.45, 7) is 1.55. The number of carbonyl (C=O) groups is 1. The Morgan fingerprint density at radius 1 is 1.50 bits per heavy atom. The SMILES string of the molecule is COC(=O)C(C)(S)S.[La].[SnH2]. The molecule has 0 amide bonds. The second-order valence-corrected chi connectivity index (χ2v) is 3.65. The molecule has 0 aromatic carbocycles. The average molecular weight is 412 g/mol. The van der Waals surface area contributed by atoms with E-state index in [1.54, 1.807) is 6.92 Å². The Labute approximate surface area is 117 Å². The molecule has 0 fully saturated rings. The minimum absolute atomic E-state index is 0. The molecule has 0 aromatic rings. The number of rotatable bonds is 1. The fourth-order valence-corrected chi connectivity index (χ4v) is 0.376. The number of hydrogen-bond donors (Lipinski definition) is 2. The zero-order valence-electron chi connectivity index (χ0n) is 6.00. The number of esters is 1. The molecule has 0 unspecified atom stereocenters. The van der Waals surface area contributed by atoms with Crippen LogP contribution in [-0.4, -0.2) is 41.1 Å². The standard InChI is InChI=1S/C4H8O2S2.La.Sn.2H/c1-4(7,8)3(5)6-2;;;;/h7-8H,1-2H3;;;;. The quantitative estimate of drug-likeness (QED) is 0.271. The van der Waals surface area contributed by atoms with Crippen LogP contribution in [0.3, 0.4) is 0 Å². The van der Waals surface area contributed by atoms with Crippen LogP contribution in [0.1, 0.15) is 6.92 Å². The number of methoxy groups -OCH3 is 1. The molecule has 10 heavy (non-hydrogen) atoms. The molecule has 0 heterocycles. The summed E-state index contributed by atoms with van der Waals surface area (Å²) in [4.78, 5) is 10.5. The number of hydrogen-bond acceptors (Lipinski definition) is 4. The maximum absolute atomic E-state index is 10.5. The van der Waals surface area contributed by atoms with Crippen LogP contribution in [0.4, 0.5) is 0 Å². The summed E-state index contributed by atoms with van der Waals surface area (Å²) in [5, 5.41) is 0. The van der Waals surface area contributed by atoms with Crippen LogP contribution in [0.15, 0.2) is 0 Å². The van der Waals surface area contributed by atoms with Crippen LogP contribution in [0.2, 0.25) is 0 Å². The zero-order valence-corrected chi connectivity index (χ0v) is 15.4. The van der Waals surface area contributed by atoms with E-state index < -0.39 is 10.0 Å². The molecule has 0 aromatic heterocycles. The number of carbonyl (C=O) groups excluding carboxylic acids is 1. The summed E-state index contributed by atoms with van der Waals surface area (Å²) < 4.78 is 3.36. The number of ether oxygens (including phenoxy) is 1. The third-order valence-electron chi connectivity index (χ3n) is 0.572. The first-order valence-electron chi connectivity index (χ1n) is 2.01. The molecule has 2 nitrogen and oxygen atoms in total. The summed E-state index contributed by atoms with van der Waals surface area (Å²) in [6.07, 6.45) is 0. The van der Waals surface area contributed by atoms with Crippen molar-refractivity contribution in [1.82, 2.24) is 0 Å². The van der Waals surface area contributed by atoms with E-state index in [1.165, 1.54) is 7.11 Å². The van der Waals surface area contributed by atoms with Crippen molar-refractivity contribution in [2.45, 2.75) is 11.0 Å². The van der Waals surface area contributed by atoms with E-state index in [-0.39, 0.29) is 59.5 Å². The first-order chi connectivity index (χ1) is 3.48. The first kappa shape index (κ1) is 18.1. The van der Waals surface area contributed by atoms with Crippen LogP contribution in [0.5, 0.6) is 0 Å². The van der Waals surface area contributed by atoms with Gasteiger partial charge in [-0.1, -0.05) is 0 Å². The van der Waals surface area contributed by atoms with E-state index in [9.17, 15) is 4.79 Å². The van der Waals surface area contributed by atoms with Crippen LogP contribution in [0.25, 0.3) is 0 Å². The van der Waals surface area contributed by atoms with Crippen molar-refractivity contribution in [3.8, 4) is 0 Å². The third-order valence-corrected chi connectivity index (χ3v) is 0.937. The fourth-order valence-electron chi connectivity index (χ4n) is 0.193. The van der Waals surface area contributed by atoms with E-state index in [1.807, 2.05) is 0 Å². The summed E-state index contributed by atoms with van der Waals surface area (Å²) in [7, 11) is 1.30. The maximum atomic E-state index is 10.5. The summed E-state index contributed by atoms with van der Waals surface area (Å²) in [5.74, 6) is -0.441. The Hall–Kier alpha value is 2.16. The van der Waals surface area contributed by atoms with E-state index in [0.717, 1.165) is 0 Å². The molecule has 0 saturated carbocycles. The molecule has 3 radical (unpaired) electrons. The number of thiol groups is 2. The van der Waals surface area contributed by atoms with Gasteiger partial charge in [-0.2, -0.15) is 25.3 Å². The van der Waals surface area contributed by atoms with Gasteiger partial charge in [0.15, 0.2) is 4.08 Å². The molecule has 0 aliphatic rings. The molecular formula is C4H10LaO2S2Sn. The minimum atomic E-state index is -0.964. The van der Waals surface area contributed by atoms with Crippen molar-refractivity contribution in [2.24, 2.45) is 0 Å². The summed E-state index contributed by atoms with van der Waals surface area (Å²) in [5.41, 5.74) is 0. The molecule has 0 atom stereocenters. The molecule has 0 rings (SSSR count). The molecule has 6 heteroatoms. The molecular weight excluding hydrogens is 402 g/mol. The monoisotopic (exact) mass is 413 g/mol.